The Labute approximate surface area is 171 Å². The summed E-state index contributed by atoms with van der Waals surface area (Å²) in [6.07, 6.45) is 4.17. The van der Waals surface area contributed by atoms with Crippen LogP contribution in [0.4, 0.5) is 10.6 Å². The molecule has 3 amide bonds. The predicted molar refractivity (Wildman–Crippen MR) is 114 cm³/mol. The van der Waals surface area contributed by atoms with E-state index in [1.165, 1.54) is 13.1 Å². The largest absolute Gasteiger partial charge is 0.361 e. The number of aromatic nitrogens is 3. The molecule has 158 valence electrons. The van der Waals surface area contributed by atoms with Crippen LogP contribution in [0.25, 0.3) is 11.2 Å². The van der Waals surface area contributed by atoms with Gasteiger partial charge in [-0.05, 0) is 18.5 Å². The summed E-state index contributed by atoms with van der Waals surface area (Å²) in [5, 5.41) is 5.60. The second kappa shape index (κ2) is 8.91. The zero-order valence-electron chi connectivity index (χ0n) is 17.6. The van der Waals surface area contributed by atoms with Gasteiger partial charge >= 0.3 is 6.03 Å². The van der Waals surface area contributed by atoms with Crippen LogP contribution >= 0.6 is 0 Å². The van der Waals surface area contributed by atoms with Gasteiger partial charge < -0.3 is 19.5 Å². The molecular formula is C19H30N6O3Si. The number of amides is 3. The van der Waals surface area contributed by atoms with Gasteiger partial charge in [0, 0.05) is 46.9 Å². The Morgan fingerprint density at radius 1 is 1.34 bits per heavy atom. The fourth-order valence-electron chi connectivity index (χ4n) is 3.17. The lowest BCUT2D eigenvalue weighted by Gasteiger charge is -2.16. The number of carbonyl (C=O) groups excluding carboxylic acids is 2. The molecule has 2 aromatic rings. The van der Waals surface area contributed by atoms with Gasteiger partial charge in [-0.3, -0.25) is 10.1 Å². The molecule has 0 aliphatic carbocycles. The van der Waals surface area contributed by atoms with Crippen molar-refractivity contribution in [2.45, 2.75) is 51.8 Å². The molecule has 10 heteroatoms. The normalized spacial score (nSPS) is 17.0. The SMILES string of the molecule is CC(=O)N1CC[C@H](NC(=O)Nc2cnc3c(ccn3COCC[Si](C)(C)C)n2)C1. The van der Waals surface area contributed by atoms with Gasteiger partial charge in [-0.25, -0.2) is 14.8 Å². The van der Waals surface area contributed by atoms with E-state index in [9.17, 15) is 9.59 Å². The van der Waals surface area contributed by atoms with Gasteiger partial charge in [-0.2, -0.15) is 0 Å². The molecule has 1 atom stereocenters. The van der Waals surface area contributed by atoms with Gasteiger partial charge in [-0.15, -0.1) is 0 Å². The van der Waals surface area contributed by atoms with Crippen molar-refractivity contribution in [2.24, 2.45) is 0 Å². The number of hydrogen-bond donors (Lipinski definition) is 2. The Kier molecular flexibility index (Phi) is 6.53. The van der Waals surface area contributed by atoms with Crippen molar-refractivity contribution in [1.29, 1.82) is 0 Å². The van der Waals surface area contributed by atoms with E-state index in [0.717, 1.165) is 24.7 Å². The highest BCUT2D eigenvalue weighted by Gasteiger charge is 2.25. The van der Waals surface area contributed by atoms with Gasteiger partial charge in [0.1, 0.15) is 12.2 Å². The van der Waals surface area contributed by atoms with Crippen LogP contribution in [0.2, 0.25) is 25.7 Å². The molecule has 3 heterocycles. The van der Waals surface area contributed by atoms with E-state index < -0.39 is 8.07 Å². The van der Waals surface area contributed by atoms with Crippen LogP contribution in [0.1, 0.15) is 13.3 Å². The van der Waals surface area contributed by atoms with Crippen LogP contribution in [-0.2, 0) is 16.3 Å². The van der Waals surface area contributed by atoms with Gasteiger partial charge in [0.05, 0.1) is 6.20 Å². The number of ether oxygens (including phenoxy) is 1. The van der Waals surface area contributed by atoms with E-state index >= 15 is 0 Å². The first-order chi connectivity index (χ1) is 13.7. The third-order valence-electron chi connectivity index (χ3n) is 4.90. The number of urea groups is 1. The van der Waals surface area contributed by atoms with E-state index in [2.05, 4.69) is 40.2 Å². The third kappa shape index (κ3) is 6.01. The fraction of sp³-hybridized carbons (Fsp3) is 0.579. The standard InChI is InChI=1S/C19H30N6O3Si/c1-14(26)24-7-5-15(12-24)21-19(27)23-17-11-20-18-16(22-17)6-8-25(18)13-28-9-10-29(2,3)4/h6,8,11,15H,5,7,9-10,12-13H2,1-4H3,(H2,21,22,23,27)/t15-/m0/s1. The summed E-state index contributed by atoms with van der Waals surface area (Å²) in [6.45, 7) is 10.9. The molecule has 9 nitrogen and oxygen atoms in total. The number of nitrogens with zero attached hydrogens (tertiary/aromatic N) is 4. The van der Waals surface area contributed by atoms with Crippen LogP contribution in [0.15, 0.2) is 18.5 Å². The molecule has 29 heavy (non-hydrogen) atoms. The summed E-state index contributed by atoms with van der Waals surface area (Å²) in [5.74, 6) is 0.411. The maximum atomic E-state index is 12.2. The zero-order chi connectivity index (χ0) is 21.0. The molecule has 2 aromatic heterocycles. The van der Waals surface area contributed by atoms with Crippen molar-refractivity contribution in [2.75, 3.05) is 25.0 Å². The maximum Gasteiger partial charge on any atom is 0.320 e. The number of hydrogen-bond acceptors (Lipinski definition) is 5. The minimum absolute atomic E-state index is 0.0278. The Morgan fingerprint density at radius 2 is 2.14 bits per heavy atom. The highest BCUT2D eigenvalue weighted by Crippen LogP contribution is 2.15. The Bertz CT molecular complexity index is 878. The van der Waals surface area contributed by atoms with E-state index in [1.54, 1.807) is 4.90 Å². The van der Waals surface area contributed by atoms with Crippen LogP contribution < -0.4 is 10.6 Å². The number of rotatable bonds is 7. The van der Waals surface area contributed by atoms with E-state index in [4.69, 9.17) is 4.74 Å². The third-order valence-corrected chi connectivity index (χ3v) is 6.60. The molecule has 3 rings (SSSR count). The minimum Gasteiger partial charge on any atom is -0.361 e. The molecule has 0 bridgehead atoms. The number of anilines is 1. The van der Waals surface area contributed by atoms with Crippen LogP contribution in [0, 0.1) is 0 Å². The van der Waals surface area contributed by atoms with Crippen molar-refractivity contribution in [3.05, 3.63) is 18.5 Å². The number of likely N-dealkylation sites (tertiary alicyclic amines) is 1. The summed E-state index contributed by atoms with van der Waals surface area (Å²) >= 11 is 0. The second-order valence-electron chi connectivity index (χ2n) is 8.65. The Balaban J connectivity index is 1.52. The fourth-order valence-corrected chi connectivity index (χ4v) is 3.93. The molecule has 0 unspecified atom stereocenters. The first-order valence-corrected chi connectivity index (χ1v) is 13.6. The summed E-state index contributed by atoms with van der Waals surface area (Å²) in [4.78, 5) is 34.2. The first kappa shape index (κ1) is 21.3. The maximum absolute atomic E-state index is 12.2. The van der Waals surface area contributed by atoms with Crippen LogP contribution in [-0.4, -0.2) is 65.2 Å². The molecule has 1 fully saturated rings. The summed E-state index contributed by atoms with van der Waals surface area (Å²) in [7, 11) is -1.11. The summed E-state index contributed by atoms with van der Waals surface area (Å²) in [6, 6.07) is 2.58. The van der Waals surface area contributed by atoms with E-state index in [0.29, 0.717) is 31.2 Å². The predicted octanol–water partition coefficient (Wildman–Crippen LogP) is 2.49. The highest BCUT2D eigenvalue weighted by atomic mass is 28.3. The summed E-state index contributed by atoms with van der Waals surface area (Å²) < 4.78 is 7.69. The average Bonchev–Trinajstić information content (AvgIpc) is 3.25. The highest BCUT2D eigenvalue weighted by molar-refractivity contribution is 6.76. The molecule has 2 N–H and O–H groups in total. The molecule has 1 aliphatic rings. The topological polar surface area (TPSA) is 101 Å². The molecule has 1 saturated heterocycles. The monoisotopic (exact) mass is 418 g/mol. The van der Waals surface area contributed by atoms with Gasteiger partial charge in [-0.1, -0.05) is 19.6 Å². The number of nitrogens with one attached hydrogen (secondary N) is 2. The molecule has 0 spiro atoms. The lowest BCUT2D eigenvalue weighted by molar-refractivity contribution is -0.127. The average molecular weight is 419 g/mol. The van der Waals surface area contributed by atoms with Crippen molar-refractivity contribution in [3.8, 4) is 0 Å². The van der Waals surface area contributed by atoms with Gasteiger partial charge in [0.25, 0.3) is 0 Å². The minimum atomic E-state index is -1.11. The molecular weight excluding hydrogens is 388 g/mol. The van der Waals surface area contributed by atoms with Gasteiger partial charge in [0.15, 0.2) is 11.5 Å². The lowest BCUT2D eigenvalue weighted by Crippen LogP contribution is -2.40. The molecule has 0 radical (unpaired) electrons. The zero-order valence-corrected chi connectivity index (χ0v) is 18.6. The second-order valence-corrected chi connectivity index (χ2v) is 14.3. The van der Waals surface area contributed by atoms with E-state index in [1.807, 2.05) is 16.8 Å². The van der Waals surface area contributed by atoms with Crippen molar-refractivity contribution < 1.29 is 14.3 Å². The van der Waals surface area contributed by atoms with Crippen molar-refractivity contribution in [1.82, 2.24) is 24.8 Å². The quantitative estimate of drug-likeness (QED) is 0.531. The first-order valence-electron chi connectivity index (χ1n) is 9.94. The lowest BCUT2D eigenvalue weighted by atomic mass is 10.3. The van der Waals surface area contributed by atoms with Crippen molar-refractivity contribution in [3.63, 3.8) is 0 Å². The molecule has 1 aliphatic heterocycles. The van der Waals surface area contributed by atoms with Gasteiger partial charge in [0.2, 0.25) is 5.91 Å². The van der Waals surface area contributed by atoms with Crippen molar-refractivity contribution >= 4 is 37.0 Å². The molecule has 0 saturated carbocycles. The summed E-state index contributed by atoms with van der Waals surface area (Å²) in [5.41, 5.74) is 1.41. The Hall–Kier alpha value is -2.46. The Morgan fingerprint density at radius 3 is 2.83 bits per heavy atom. The van der Waals surface area contributed by atoms with Crippen LogP contribution in [0.5, 0.6) is 0 Å². The molecule has 0 aromatic carbocycles. The number of carbonyl (C=O) groups is 2. The number of fused-ring (bicyclic) bond motifs is 1. The smallest absolute Gasteiger partial charge is 0.320 e. The van der Waals surface area contributed by atoms with E-state index in [-0.39, 0.29) is 18.0 Å². The van der Waals surface area contributed by atoms with Crippen LogP contribution in [0.3, 0.4) is 0 Å².